The number of rotatable bonds is 10. The van der Waals surface area contributed by atoms with Gasteiger partial charge < -0.3 is 13.8 Å². The van der Waals surface area contributed by atoms with Gasteiger partial charge in [0.15, 0.2) is 0 Å². The second-order valence-electron chi connectivity index (χ2n) is 19.6. The number of nitrogens with zero attached hydrogens (tertiary/aromatic N) is 1. The molecule has 0 bridgehead atoms. The van der Waals surface area contributed by atoms with E-state index in [0.717, 1.165) is 35.2 Å². The molecule has 4 heterocycles. The van der Waals surface area contributed by atoms with Crippen LogP contribution >= 0.6 is 11.3 Å². The molecule has 0 radical (unpaired) electrons. The Hall–Kier alpha value is -6.87. The molecule has 0 aliphatic rings. The Kier molecular flexibility index (Phi) is 33.7. The molecular weight excluding hydrogens is 1020 g/mol. The molecule has 1 N–H and O–H groups in total. The highest BCUT2D eigenvalue weighted by atomic mass is 32.1. The Morgan fingerprint density at radius 2 is 0.988 bits per heavy atom. The maximum absolute atomic E-state index is 8.99. The van der Waals surface area contributed by atoms with Crippen molar-refractivity contribution in [2.24, 2.45) is 0 Å². The third kappa shape index (κ3) is 19.4. The van der Waals surface area contributed by atoms with Crippen LogP contribution in [-0.4, -0.2) is 4.98 Å². The molecule has 11 rings (SSSR count). The minimum absolute atomic E-state index is 0.318. The number of benzene rings is 7. The average molecular weight is 1120 g/mol. The van der Waals surface area contributed by atoms with E-state index in [2.05, 4.69) is 187 Å². The van der Waals surface area contributed by atoms with Gasteiger partial charge in [-0.1, -0.05) is 247 Å². The van der Waals surface area contributed by atoms with Crippen LogP contribution in [0.25, 0.3) is 64.8 Å². The summed E-state index contributed by atoms with van der Waals surface area (Å²) in [5.41, 5.74) is 11.9. The topological polar surface area (TPSA) is 65.9 Å². The molecule has 4 nitrogen and oxygen atoms in total. The number of aromatic nitrogens is 1. The van der Waals surface area contributed by atoms with Crippen LogP contribution in [0.5, 0.6) is 0 Å². The molecule has 440 valence electrons. The standard InChI is InChI=1S/C16H17N.C16H16O.C12H14O.C12H14S.C11H13N.5C2H6/c1-3-11(2)12-8-6-10-15-16(12)13-7-4-5-9-14(13)17-15;1-3-11(2)12-8-9-14-13-6-4-5-7-15(13)17-16(14)10-12;1-3-9(2)11-5-4-10-6-7-13-12(10)8-11;1-3-9(2)10-4-5-12-11(8-10)6-7-13-12;1-3-11(2,9-12)10-7-5-4-6-8-10;5*1-2/h4-11,17H,3H2,1-2H3;4-11H,3H2,1-2H3;2*4-9H,3H2,1-2H3;4-8H,3H2,1-2H3;5*1-2H3. The molecule has 5 heteroatoms. The molecule has 0 saturated carbocycles. The van der Waals surface area contributed by atoms with Crippen molar-refractivity contribution < 1.29 is 8.83 Å². The molecule has 0 saturated heterocycles. The van der Waals surface area contributed by atoms with Gasteiger partial charge in [-0.2, -0.15) is 5.26 Å². The summed E-state index contributed by atoms with van der Waals surface area (Å²) < 4.78 is 12.6. The van der Waals surface area contributed by atoms with Gasteiger partial charge in [0.2, 0.25) is 0 Å². The van der Waals surface area contributed by atoms with E-state index in [1.807, 2.05) is 143 Å². The summed E-state index contributed by atoms with van der Waals surface area (Å²) in [4.78, 5) is 3.50. The van der Waals surface area contributed by atoms with Crippen molar-refractivity contribution in [2.75, 3.05) is 0 Å². The normalized spacial score (nSPS) is 12.3. The number of nitriles is 1. The van der Waals surface area contributed by atoms with Crippen LogP contribution in [-0.2, 0) is 5.41 Å². The third-order valence-electron chi connectivity index (χ3n) is 15.0. The minimum atomic E-state index is -0.318. The van der Waals surface area contributed by atoms with Crippen LogP contribution in [0.15, 0.2) is 184 Å². The number of thiophene rings is 1. The van der Waals surface area contributed by atoms with E-state index in [0.29, 0.717) is 23.7 Å². The van der Waals surface area contributed by atoms with E-state index >= 15 is 0 Å². The second-order valence-corrected chi connectivity index (χ2v) is 20.6. The molecule has 82 heavy (non-hydrogen) atoms. The summed E-state index contributed by atoms with van der Waals surface area (Å²) in [6, 6.07) is 59.7. The first kappa shape index (κ1) is 71.2. The largest absolute Gasteiger partial charge is 0.464 e. The van der Waals surface area contributed by atoms with Gasteiger partial charge in [-0.15, -0.1) is 11.3 Å². The minimum Gasteiger partial charge on any atom is -0.464 e. The van der Waals surface area contributed by atoms with E-state index in [4.69, 9.17) is 14.1 Å². The fourth-order valence-electron chi connectivity index (χ4n) is 9.04. The SMILES string of the molecule is CC.CC.CC.CC.CC.CCC(C)(C#N)c1ccccc1.CCC(C)c1ccc2c(c1)oc1ccccc12.CCC(C)c1ccc2ccoc2c1.CCC(C)c1ccc2sccc2c1.CCC(C)c1cccc2[nH]c3ccccc3c12. The van der Waals surface area contributed by atoms with E-state index in [1.165, 1.54) is 89.6 Å². The molecule has 0 spiro atoms. The van der Waals surface area contributed by atoms with Crippen LogP contribution in [0, 0.1) is 11.3 Å². The Morgan fingerprint density at radius 3 is 1.59 bits per heavy atom. The van der Waals surface area contributed by atoms with Gasteiger partial charge in [-0.05, 0) is 150 Å². The average Bonchev–Trinajstić information content (AvgIpc) is 4.51. The highest BCUT2D eigenvalue weighted by Gasteiger charge is 2.23. The summed E-state index contributed by atoms with van der Waals surface area (Å²) in [6.07, 6.45) is 7.32. The number of furan rings is 2. The summed E-state index contributed by atoms with van der Waals surface area (Å²) in [6.45, 7) is 42.0. The van der Waals surface area contributed by atoms with Gasteiger partial charge in [0.05, 0.1) is 17.7 Å². The van der Waals surface area contributed by atoms with Crippen LogP contribution < -0.4 is 0 Å². The maximum Gasteiger partial charge on any atom is 0.135 e. The molecule has 11 aromatic rings. The summed E-state index contributed by atoms with van der Waals surface area (Å²) in [5.74, 6) is 2.50. The lowest BCUT2D eigenvalue weighted by Gasteiger charge is -2.19. The molecule has 5 unspecified atom stereocenters. The summed E-state index contributed by atoms with van der Waals surface area (Å²) in [7, 11) is 0. The molecular formula is C77H104N2O2S. The smallest absolute Gasteiger partial charge is 0.135 e. The van der Waals surface area contributed by atoms with Crippen LogP contribution in [0.2, 0.25) is 0 Å². The van der Waals surface area contributed by atoms with Crippen molar-refractivity contribution in [2.45, 2.75) is 200 Å². The van der Waals surface area contributed by atoms with Crippen molar-refractivity contribution in [1.82, 2.24) is 4.98 Å². The Bertz CT molecular complexity index is 3390. The molecule has 0 aliphatic carbocycles. The van der Waals surface area contributed by atoms with Crippen LogP contribution in [0.1, 0.15) is 222 Å². The van der Waals surface area contributed by atoms with Crippen molar-refractivity contribution in [1.29, 1.82) is 5.26 Å². The van der Waals surface area contributed by atoms with Crippen molar-refractivity contribution in [3.63, 3.8) is 0 Å². The Balaban J connectivity index is 0.000000339. The number of fused-ring (bicyclic) bond motifs is 8. The van der Waals surface area contributed by atoms with E-state index in [1.54, 1.807) is 6.26 Å². The van der Waals surface area contributed by atoms with Crippen molar-refractivity contribution in [3.05, 3.63) is 203 Å². The number of nitrogens with one attached hydrogen (secondary N) is 1. The van der Waals surface area contributed by atoms with Crippen molar-refractivity contribution >= 4 is 76.1 Å². The second kappa shape index (κ2) is 38.8. The number of aromatic amines is 1. The van der Waals surface area contributed by atoms with E-state index < -0.39 is 0 Å². The Morgan fingerprint density at radius 1 is 0.476 bits per heavy atom. The van der Waals surface area contributed by atoms with Gasteiger partial charge in [0.25, 0.3) is 0 Å². The van der Waals surface area contributed by atoms with Gasteiger partial charge in [0, 0.05) is 42.7 Å². The number of hydrogen-bond donors (Lipinski definition) is 1. The molecule has 7 aromatic carbocycles. The fraction of sp³-hybridized carbons (Fsp3) is 0.390. The van der Waals surface area contributed by atoms with E-state index in [-0.39, 0.29) is 5.41 Å². The lowest BCUT2D eigenvalue weighted by Crippen LogP contribution is -2.17. The van der Waals surface area contributed by atoms with Crippen molar-refractivity contribution in [3.8, 4) is 6.07 Å². The van der Waals surface area contributed by atoms with E-state index in [9.17, 15) is 0 Å². The van der Waals surface area contributed by atoms with Crippen LogP contribution in [0.3, 0.4) is 0 Å². The predicted molar refractivity (Wildman–Crippen MR) is 369 cm³/mol. The highest BCUT2D eigenvalue weighted by molar-refractivity contribution is 7.17. The van der Waals surface area contributed by atoms with Gasteiger partial charge in [-0.3, -0.25) is 0 Å². The fourth-order valence-corrected chi connectivity index (χ4v) is 9.81. The first-order valence-electron chi connectivity index (χ1n) is 31.3. The Labute approximate surface area is 501 Å². The van der Waals surface area contributed by atoms with Gasteiger partial charge in [-0.25, -0.2) is 0 Å². The molecule has 5 atom stereocenters. The van der Waals surface area contributed by atoms with Gasteiger partial charge in [0.1, 0.15) is 16.7 Å². The molecule has 0 amide bonds. The van der Waals surface area contributed by atoms with Gasteiger partial charge >= 0.3 is 0 Å². The third-order valence-corrected chi connectivity index (χ3v) is 15.9. The molecule has 0 fully saturated rings. The number of H-pyrrole nitrogens is 1. The predicted octanol–water partition coefficient (Wildman–Crippen LogP) is 26.3. The zero-order valence-electron chi connectivity index (χ0n) is 54.3. The quantitative estimate of drug-likeness (QED) is 0.148. The van der Waals surface area contributed by atoms with Crippen LogP contribution in [0.4, 0.5) is 0 Å². The highest BCUT2D eigenvalue weighted by Crippen LogP contribution is 2.35. The summed E-state index contributed by atoms with van der Waals surface area (Å²) in [5, 5.41) is 18.9. The maximum atomic E-state index is 8.99. The number of hydrogen-bond acceptors (Lipinski definition) is 4. The molecule has 4 aromatic heterocycles. The zero-order valence-corrected chi connectivity index (χ0v) is 55.1. The first-order valence-corrected chi connectivity index (χ1v) is 32.1. The monoisotopic (exact) mass is 1120 g/mol. The zero-order chi connectivity index (χ0) is 61.2. The summed E-state index contributed by atoms with van der Waals surface area (Å²) >= 11 is 1.82. The number of para-hydroxylation sites is 2. The lowest BCUT2D eigenvalue weighted by molar-refractivity contribution is 0.587. The lowest BCUT2D eigenvalue weighted by atomic mass is 9.82. The first-order chi connectivity index (χ1) is 39.9. The molecule has 0 aliphatic heterocycles.